The molecule has 0 radical (unpaired) electrons. The van der Waals surface area contributed by atoms with Gasteiger partial charge in [-0.2, -0.15) is 0 Å². The van der Waals surface area contributed by atoms with E-state index in [1.165, 1.54) is 0 Å². The first-order valence-electron chi connectivity index (χ1n) is 7.42. The van der Waals surface area contributed by atoms with Crippen LogP contribution in [0.15, 0.2) is 16.6 Å². The van der Waals surface area contributed by atoms with Gasteiger partial charge in [0.25, 0.3) is 0 Å². The average Bonchev–Trinajstić information content (AvgIpc) is 2.47. The maximum atomic E-state index is 10.3. The molecule has 0 fully saturated rings. The number of hydrogen-bond donors (Lipinski definition) is 2. The van der Waals surface area contributed by atoms with Crippen LogP contribution in [0.2, 0.25) is 0 Å². The largest absolute Gasteiger partial charge is 0.492 e. The van der Waals surface area contributed by atoms with Crippen LogP contribution in [0.3, 0.4) is 0 Å². The molecule has 120 valence electrons. The van der Waals surface area contributed by atoms with Gasteiger partial charge in [-0.25, -0.2) is 0 Å². The van der Waals surface area contributed by atoms with E-state index in [-0.39, 0.29) is 0 Å². The van der Waals surface area contributed by atoms with Crippen molar-refractivity contribution in [3.8, 4) is 11.5 Å². The predicted molar refractivity (Wildman–Crippen MR) is 89.1 cm³/mol. The molecule has 1 rings (SSSR count). The quantitative estimate of drug-likeness (QED) is 0.708. The van der Waals surface area contributed by atoms with Crippen molar-refractivity contribution < 1.29 is 14.6 Å². The van der Waals surface area contributed by atoms with E-state index in [2.05, 4.69) is 21.2 Å². The van der Waals surface area contributed by atoms with Crippen LogP contribution in [-0.2, 0) is 6.54 Å². The van der Waals surface area contributed by atoms with Crippen LogP contribution in [0.25, 0.3) is 0 Å². The molecule has 0 saturated heterocycles. The standard InChI is InChI=1S/C16H26BrNO3/c1-5-16(19,6-2)11-18-10-12-8-13(17)15(20-4)14(9-12)21-7-3/h8-9,18-19H,5-7,10-11H2,1-4H3. The maximum absolute atomic E-state index is 10.3. The number of halogens is 1. The Morgan fingerprint density at radius 3 is 2.43 bits per heavy atom. The van der Waals surface area contributed by atoms with E-state index in [1.54, 1.807) is 7.11 Å². The highest BCUT2D eigenvalue weighted by atomic mass is 79.9. The Labute approximate surface area is 136 Å². The van der Waals surface area contributed by atoms with Crippen LogP contribution in [0.1, 0.15) is 39.2 Å². The molecule has 2 N–H and O–H groups in total. The number of methoxy groups -OCH3 is 1. The van der Waals surface area contributed by atoms with Crippen molar-refractivity contribution in [1.82, 2.24) is 5.32 Å². The van der Waals surface area contributed by atoms with Crippen molar-refractivity contribution in [1.29, 1.82) is 0 Å². The lowest BCUT2D eigenvalue weighted by Crippen LogP contribution is -2.39. The minimum atomic E-state index is -0.632. The van der Waals surface area contributed by atoms with Gasteiger partial charge in [0.05, 0.1) is 23.8 Å². The van der Waals surface area contributed by atoms with Gasteiger partial charge in [-0.1, -0.05) is 13.8 Å². The summed E-state index contributed by atoms with van der Waals surface area (Å²) < 4.78 is 11.8. The molecule has 0 atom stereocenters. The Bertz CT molecular complexity index is 447. The Morgan fingerprint density at radius 1 is 1.24 bits per heavy atom. The molecule has 5 heteroatoms. The third-order valence-electron chi connectivity index (χ3n) is 3.67. The number of aliphatic hydroxyl groups is 1. The van der Waals surface area contributed by atoms with E-state index in [1.807, 2.05) is 32.9 Å². The lowest BCUT2D eigenvalue weighted by atomic mass is 9.97. The normalized spacial score (nSPS) is 11.5. The van der Waals surface area contributed by atoms with Crippen molar-refractivity contribution >= 4 is 15.9 Å². The fourth-order valence-electron chi connectivity index (χ4n) is 2.12. The topological polar surface area (TPSA) is 50.7 Å². The highest BCUT2D eigenvalue weighted by Crippen LogP contribution is 2.36. The zero-order valence-electron chi connectivity index (χ0n) is 13.3. The molecule has 1 aromatic carbocycles. The number of nitrogens with one attached hydrogen (secondary N) is 1. The lowest BCUT2D eigenvalue weighted by molar-refractivity contribution is 0.0323. The Hall–Kier alpha value is -0.780. The van der Waals surface area contributed by atoms with Gasteiger partial charge in [0, 0.05) is 13.1 Å². The van der Waals surface area contributed by atoms with E-state index in [4.69, 9.17) is 9.47 Å². The smallest absolute Gasteiger partial charge is 0.174 e. The van der Waals surface area contributed by atoms with Gasteiger partial charge in [-0.05, 0) is 53.4 Å². The summed E-state index contributed by atoms with van der Waals surface area (Å²) >= 11 is 3.50. The molecule has 21 heavy (non-hydrogen) atoms. The Kier molecular flexibility index (Phi) is 7.49. The van der Waals surface area contributed by atoms with Crippen LogP contribution in [0.5, 0.6) is 11.5 Å². The summed E-state index contributed by atoms with van der Waals surface area (Å²) in [5.41, 5.74) is 0.451. The molecule has 0 heterocycles. The number of benzene rings is 1. The maximum Gasteiger partial charge on any atom is 0.174 e. The van der Waals surface area contributed by atoms with E-state index in [0.717, 1.165) is 28.6 Å². The predicted octanol–water partition coefficient (Wildman–Crippen LogP) is 3.50. The summed E-state index contributed by atoms with van der Waals surface area (Å²) in [5.74, 6) is 1.44. The number of hydrogen-bond acceptors (Lipinski definition) is 4. The Morgan fingerprint density at radius 2 is 1.90 bits per heavy atom. The lowest BCUT2D eigenvalue weighted by Gasteiger charge is -2.25. The van der Waals surface area contributed by atoms with Crippen LogP contribution in [0.4, 0.5) is 0 Å². The highest BCUT2D eigenvalue weighted by Gasteiger charge is 2.21. The molecule has 0 aliphatic heterocycles. The monoisotopic (exact) mass is 359 g/mol. The van der Waals surface area contributed by atoms with Crippen molar-refractivity contribution in [2.24, 2.45) is 0 Å². The second-order valence-electron chi connectivity index (χ2n) is 5.08. The van der Waals surface area contributed by atoms with Crippen molar-refractivity contribution in [2.45, 2.75) is 45.8 Å². The fourth-order valence-corrected chi connectivity index (χ4v) is 2.78. The van der Waals surface area contributed by atoms with E-state index in [9.17, 15) is 5.11 Å². The van der Waals surface area contributed by atoms with E-state index < -0.39 is 5.60 Å². The summed E-state index contributed by atoms with van der Waals surface area (Å²) in [5, 5.41) is 13.6. The van der Waals surface area contributed by atoms with Gasteiger partial charge in [0.2, 0.25) is 0 Å². The van der Waals surface area contributed by atoms with Crippen molar-refractivity contribution in [3.63, 3.8) is 0 Å². The van der Waals surface area contributed by atoms with Crippen LogP contribution in [-0.4, -0.2) is 31.0 Å². The van der Waals surface area contributed by atoms with Gasteiger partial charge in [-0.15, -0.1) is 0 Å². The number of ether oxygens (including phenoxy) is 2. The SMILES string of the molecule is CCOc1cc(CNCC(O)(CC)CC)cc(Br)c1OC. The summed E-state index contributed by atoms with van der Waals surface area (Å²) in [6.07, 6.45) is 1.49. The first kappa shape index (κ1) is 18.3. The van der Waals surface area contributed by atoms with Gasteiger partial charge >= 0.3 is 0 Å². The Balaban J connectivity index is 2.76. The summed E-state index contributed by atoms with van der Waals surface area (Å²) in [4.78, 5) is 0. The van der Waals surface area contributed by atoms with Gasteiger partial charge < -0.3 is 19.9 Å². The number of rotatable bonds is 9. The molecule has 0 aliphatic rings. The fraction of sp³-hybridized carbons (Fsp3) is 0.625. The van der Waals surface area contributed by atoms with Gasteiger partial charge in [-0.3, -0.25) is 0 Å². The van der Waals surface area contributed by atoms with E-state index >= 15 is 0 Å². The summed E-state index contributed by atoms with van der Waals surface area (Å²) in [6, 6.07) is 3.97. The molecule has 0 unspecified atom stereocenters. The molecule has 0 saturated carbocycles. The summed E-state index contributed by atoms with van der Waals surface area (Å²) in [6.45, 7) is 7.79. The molecular weight excluding hydrogens is 334 g/mol. The van der Waals surface area contributed by atoms with Crippen LogP contribution in [0, 0.1) is 0 Å². The molecule has 0 spiro atoms. The molecule has 0 aliphatic carbocycles. The minimum absolute atomic E-state index is 0.577. The molecule has 0 amide bonds. The molecular formula is C16H26BrNO3. The third-order valence-corrected chi connectivity index (χ3v) is 4.26. The van der Waals surface area contributed by atoms with Crippen molar-refractivity contribution in [2.75, 3.05) is 20.3 Å². The molecule has 4 nitrogen and oxygen atoms in total. The first-order chi connectivity index (χ1) is 9.99. The highest BCUT2D eigenvalue weighted by molar-refractivity contribution is 9.10. The molecule has 1 aromatic rings. The molecule has 0 aromatic heterocycles. The minimum Gasteiger partial charge on any atom is -0.492 e. The zero-order chi connectivity index (χ0) is 15.9. The van der Waals surface area contributed by atoms with Crippen LogP contribution < -0.4 is 14.8 Å². The third kappa shape index (κ3) is 5.16. The van der Waals surface area contributed by atoms with Gasteiger partial charge in [0.1, 0.15) is 0 Å². The second kappa shape index (κ2) is 8.61. The first-order valence-corrected chi connectivity index (χ1v) is 8.21. The molecule has 0 bridgehead atoms. The zero-order valence-corrected chi connectivity index (χ0v) is 14.9. The summed E-state index contributed by atoms with van der Waals surface area (Å²) in [7, 11) is 1.63. The van der Waals surface area contributed by atoms with E-state index in [0.29, 0.717) is 25.4 Å². The second-order valence-corrected chi connectivity index (χ2v) is 5.93. The van der Waals surface area contributed by atoms with Gasteiger partial charge in [0.15, 0.2) is 11.5 Å². The van der Waals surface area contributed by atoms with Crippen molar-refractivity contribution in [3.05, 3.63) is 22.2 Å². The van der Waals surface area contributed by atoms with Crippen LogP contribution >= 0.6 is 15.9 Å². The average molecular weight is 360 g/mol.